The van der Waals surface area contributed by atoms with Gasteiger partial charge in [0.05, 0.1) is 7.11 Å². The van der Waals surface area contributed by atoms with Gasteiger partial charge in [0.15, 0.2) is 25.3 Å². The van der Waals surface area contributed by atoms with Crippen molar-refractivity contribution in [1.82, 2.24) is 29.7 Å². The van der Waals surface area contributed by atoms with Gasteiger partial charge in [0.2, 0.25) is 22.3 Å². The zero-order chi connectivity index (χ0) is 49.5. The Morgan fingerprint density at radius 2 is 1.54 bits per heavy atom. The third-order valence-corrected chi connectivity index (χ3v) is 13.1. The number of fused-ring (bicyclic) bond motifs is 1. The van der Waals surface area contributed by atoms with Crippen molar-refractivity contribution in [3.63, 3.8) is 0 Å². The summed E-state index contributed by atoms with van der Waals surface area (Å²) in [6.07, 6.45) is 4.13. The number of carbonyl (C=O) groups excluding carboxylic acids is 4. The number of oxime groups is 1. The number of anilines is 1. The van der Waals surface area contributed by atoms with Crippen LogP contribution in [-0.4, -0.2) is 83.9 Å². The molecule has 0 unspecified atom stereocenters. The summed E-state index contributed by atoms with van der Waals surface area (Å²) in [5.41, 5.74) is 1.46. The molecule has 2 atom stereocenters. The number of nitrogens with zero attached hydrogens (tertiary/aromatic N) is 7. The first-order valence-electron chi connectivity index (χ1n) is 22.2. The van der Waals surface area contributed by atoms with Gasteiger partial charge in [-0.15, -0.1) is 11.8 Å². The number of esters is 1. The molecule has 368 valence electrons. The predicted octanol–water partition coefficient (Wildman–Crippen LogP) is 4.05. The monoisotopic (exact) mass is 1120 g/mol. The number of hydrogen-bond acceptors (Lipinski definition) is 16. The number of nitrogens with one attached hydrogen (secondary N) is 2. The summed E-state index contributed by atoms with van der Waals surface area (Å²) in [6.45, 7) is 5.28. The average Bonchev–Trinajstić information content (AvgIpc) is 4.10. The Labute approximate surface area is 439 Å². The van der Waals surface area contributed by atoms with Crippen LogP contribution in [0.15, 0.2) is 167 Å². The minimum Gasteiger partial charge on any atom is -1.00 e. The molecule has 2 N–H and O–H groups in total. The third-order valence-electron chi connectivity index (χ3n) is 11.2. The van der Waals surface area contributed by atoms with E-state index in [1.165, 1.54) is 23.0 Å². The molecule has 0 saturated carbocycles. The van der Waals surface area contributed by atoms with E-state index >= 15 is 0 Å². The molecule has 4 aromatic carbocycles. The van der Waals surface area contributed by atoms with Crippen molar-refractivity contribution in [3.8, 4) is 17.2 Å². The fourth-order valence-electron chi connectivity index (χ4n) is 7.95. The van der Waals surface area contributed by atoms with Crippen molar-refractivity contribution in [3.05, 3.63) is 185 Å². The summed E-state index contributed by atoms with van der Waals surface area (Å²) in [4.78, 5) is 73.1. The molecule has 5 heterocycles. The van der Waals surface area contributed by atoms with E-state index in [2.05, 4.69) is 35.3 Å². The van der Waals surface area contributed by atoms with Crippen molar-refractivity contribution in [2.75, 3.05) is 18.2 Å². The second-order valence-electron chi connectivity index (χ2n) is 17.1. The highest BCUT2D eigenvalue weighted by molar-refractivity contribution is 8.00. The normalized spacial score (nSPS) is 15.6. The van der Waals surface area contributed by atoms with Gasteiger partial charge in [-0.3, -0.25) is 19.8 Å². The number of halogens is 1. The number of rotatable bonds is 16. The van der Waals surface area contributed by atoms with E-state index < -0.39 is 52.2 Å². The molecule has 0 radical (unpaired) electrons. The second-order valence-corrected chi connectivity index (χ2v) is 19.0. The molecule has 9 rings (SSSR count). The lowest BCUT2D eigenvalue weighted by Gasteiger charge is -2.49. The van der Waals surface area contributed by atoms with Gasteiger partial charge in [0, 0.05) is 45.6 Å². The minimum absolute atomic E-state index is 0. The molecule has 21 heteroatoms. The number of amides is 3. The zero-order valence-corrected chi connectivity index (χ0v) is 42.9. The second kappa shape index (κ2) is 22.3. The Balaban J connectivity index is 0.00000693. The van der Waals surface area contributed by atoms with E-state index in [0.29, 0.717) is 45.0 Å². The first-order chi connectivity index (χ1) is 34.4. The van der Waals surface area contributed by atoms with Crippen LogP contribution in [0.25, 0.3) is 11.5 Å². The summed E-state index contributed by atoms with van der Waals surface area (Å²) in [5.74, 6) is -1.12. The van der Waals surface area contributed by atoms with Crippen LogP contribution < -0.4 is 43.9 Å². The predicted molar refractivity (Wildman–Crippen MR) is 261 cm³/mol. The van der Waals surface area contributed by atoms with Gasteiger partial charge in [0.1, 0.15) is 40.6 Å². The van der Waals surface area contributed by atoms with Gasteiger partial charge in [-0.25, -0.2) is 14.2 Å². The lowest BCUT2D eigenvalue weighted by molar-refractivity contribution is -0.688. The zero-order valence-electron chi connectivity index (χ0n) is 39.1. The Hall–Kier alpha value is -7.50. The van der Waals surface area contributed by atoms with Crippen LogP contribution >= 0.6 is 23.3 Å². The van der Waals surface area contributed by atoms with Crippen molar-refractivity contribution in [2.24, 2.45) is 5.16 Å². The standard InChI is InChI=1S/C51H45N9O9S2.HI/c1-50(2,3)67-49(64)56-48-55-42(58-71-48)39(57-69-51(35-16-8-5-9-17-35,36-18-10-6-11-19-36)37-20-12-7-13-21-37)43(61)54-40-45(62)60-41(47(63)66-29-32-22-24-38(65-4)25-23-32)34(30-70-46(40)60)28-59-26-14-15-33(27-59)44-52-31-53-68-44;/h5-27,31,40,46H,28-30H2,1-4H3,(H-,54,55,56,58,61,64);1H/t40-,46+;/m1./s1. The first kappa shape index (κ1) is 50.9. The lowest BCUT2D eigenvalue weighted by Crippen LogP contribution is -3.00. The number of thioether (sulfide) groups is 1. The quantitative estimate of drug-likeness (QED) is 0.0266. The van der Waals surface area contributed by atoms with Crippen LogP contribution in [0, 0.1) is 0 Å². The van der Waals surface area contributed by atoms with Crippen LogP contribution in [0.5, 0.6) is 5.75 Å². The van der Waals surface area contributed by atoms with E-state index in [1.807, 2.05) is 108 Å². The Morgan fingerprint density at radius 3 is 2.14 bits per heavy atom. The van der Waals surface area contributed by atoms with Gasteiger partial charge in [0.25, 0.3) is 17.7 Å². The third kappa shape index (κ3) is 11.2. The number of ether oxygens (including phenoxy) is 3. The van der Waals surface area contributed by atoms with Crippen LogP contribution in [0.3, 0.4) is 0 Å². The molecule has 1 fully saturated rings. The van der Waals surface area contributed by atoms with Crippen LogP contribution in [0.4, 0.5) is 9.93 Å². The summed E-state index contributed by atoms with van der Waals surface area (Å²) in [6, 6.07) is 37.8. The summed E-state index contributed by atoms with van der Waals surface area (Å²) in [5, 5.41) is 13.0. The number of β-lactam (4-membered cyclic amide) rings is 1. The van der Waals surface area contributed by atoms with Crippen molar-refractivity contribution < 1.29 is 71.3 Å². The molecule has 2 aliphatic heterocycles. The minimum atomic E-state index is -1.42. The smallest absolute Gasteiger partial charge is 0.414 e. The Bertz CT molecular complexity index is 3000. The molecule has 72 heavy (non-hydrogen) atoms. The SMILES string of the molecule is COc1ccc(COC(=O)C2=C(C[n+]3cccc(-c4ncno4)c3)CS[C@H]3[C@H](NC(=O)C(=NOC(c4ccccc4)(c4ccccc4)c4ccccc4)c4nsc(NC(=O)OC(C)(C)C)n4)C(=O)N23)cc1.[I-]. The number of aromatic nitrogens is 5. The summed E-state index contributed by atoms with van der Waals surface area (Å²) >= 11 is 2.16. The van der Waals surface area contributed by atoms with Gasteiger partial charge < -0.3 is 52.9 Å². The van der Waals surface area contributed by atoms with E-state index in [1.54, 1.807) is 64.4 Å². The fourth-order valence-corrected chi connectivity index (χ4v) is 9.84. The van der Waals surface area contributed by atoms with Gasteiger partial charge in [-0.2, -0.15) is 14.3 Å². The van der Waals surface area contributed by atoms with Crippen LogP contribution in [0.2, 0.25) is 0 Å². The maximum atomic E-state index is 14.8. The van der Waals surface area contributed by atoms with E-state index in [9.17, 15) is 19.2 Å². The number of pyridine rings is 1. The van der Waals surface area contributed by atoms with E-state index in [4.69, 9.17) is 23.6 Å². The van der Waals surface area contributed by atoms with Gasteiger partial charge in [-0.1, -0.05) is 113 Å². The molecule has 3 aromatic heterocycles. The molecule has 0 aliphatic carbocycles. The summed E-state index contributed by atoms with van der Waals surface area (Å²) < 4.78 is 28.1. The topological polar surface area (TPSA) is 213 Å². The fraction of sp³-hybridized carbons (Fsp3) is 0.216. The van der Waals surface area contributed by atoms with Crippen molar-refractivity contribution in [1.29, 1.82) is 0 Å². The summed E-state index contributed by atoms with van der Waals surface area (Å²) in [7, 11) is 1.56. The maximum Gasteiger partial charge on any atom is 0.414 e. The molecule has 1 saturated heterocycles. The first-order valence-corrected chi connectivity index (χ1v) is 24.0. The number of hydrogen-bond donors (Lipinski definition) is 2. The number of methoxy groups -OCH3 is 1. The van der Waals surface area contributed by atoms with Gasteiger partial charge >= 0.3 is 12.1 Å². The Kier molecular flexibility index (Phi) is 15.7. The highest BCUT2D eigenvalue weighted by Crippen LogP contribution is 2.43. The van der Waals surface area contributed by atoms with E-state index in [-0.39, 0.29) is 59.5 Å². The average molecular weight is 1120 g/mol. The maximum absolute atomic E-state index is 14.8. The molecule has 2 aliphatic rings. The Morgan fingerprint density at radius 1 is 0.889 bits per heavy atom. The molecular formula is C51H46IN9O9S2. The highest BCUT2D eigenvalue weighted by Gasteiger charge is 2.55. The van der Waals surface area contributed by atoms with Crippen LogP contribution in [0.1, 0.15) is 48.8 Å². The molecule has 3 amide bonds. The number of benzene rings is 4. The molecular weight excluding hydrogens is 1070 g/mol. The lowest BCUT2D eigenvalue weighted by atomic mass is 9.80. The molecule has 18 nitrogen and oxygen atoms in total. The largest absolute Gasteiger partial charge is 1.00 e. The molecule has 0 spiro atoms. The van der Waals surface area contributed by atoms with Crippen molar-refractivity contribution in [2.45, 2.75) is 56.5 Å². The van der Waals surface area contributed by atoms with Gasteiger partial charge in [-0.05, 0) is 44.5 Å². The van der Waals surface area contributed by atoms with Crippen LogP contribution in [-0.2, 0) is 47.4 Å². The molecule has 0 bridgehead atoms. The van der Waals surface area contributed by atoms with E-state index in [0.717, 1.165) is 11.5 Å². The van der Waals surface area contributed by atoms with Crippen molar-refractivity contribution >= 4 is 58.0 Å². The number of carbonyl (C=O) groups is 4. The highest BCUT2D eigenvalue weighted by atomic mass is 127. The molecule has 7 aromatic rings.